The Hall–Kier alpha value is -4.15. The maximum atomic E-state index is 14.4. The van der Waals surface area contributed by atoms with Crippen LogP contribution in [-0.2, 0) is 11.3 Å². The molecular weight excluding hydrogens is 446 g/mol. The molecule has 3 aromatic heterocycles. The summed E-state index contributed by atoms with van der Waals surface area (Å²) in [4.78, 5) is 19.7. The molecule has 0 saturated carbocycles. The quantitative estimate of drug-likeness (QED) is 0.377. The first-order valence-electron chi connectivity index (χ1n) is 10.5. The summed E-state index contributed by atoms with van der Waals surface area (Å²) in [5.74, 6) is -3.00. The molecule has 1 aromatic carbocycles. The average Bonchev–Trinajstić information content (AvgIpc) is 3.46. The minimum absolute atomic E-state index is 0.00765. The number of carbonyl (C=O) groups is 1. The van der Waals surface area contributed by atoms with Crippen LogP contribution < -0.4 is 5.32 Å². The van der Waals surface area contributed by atoms with E-state index in [1.165, 1.54) is 17.0 Å². The summed E-state index contributed by atoms with van der Waals surface area (Å²) in [5, 5.41) is 20.6. The van der Waals surface area contributed by atoms with Crippen molar-refractivity contribution in [1.82, 2.24) is 24.9 Å². The molecular formula is C23H22F2N6O3. The first-order chi connectivity index (χ1) is 16.3. The molecule has 0 aliphatic rings. The Bertz CT molecular complexity index is 1290. The minimum atomic E-state index is -0.985. The van der Waals surface area contributed by atoms with Crippen LogP contribution in [0.15, 0.2) is 53.4 Å². The molecule has 34 heavy (non-hydrogen) atoms. The number of benzene rings is 1. The van der Waals surface area contributed by atoms with Gasteiger partial charge >= 0.3 is 5.97 Å². The van der Waals surface area contributed by atoms with Gasteiger partial charge in [-0.3, -0.25) is 9.48 Å². The molecule has 9 nitrogen and oxygen atoms in total. The van der Waals surface area contributed by atoms with E-state index in [9.17, 15) is 18.7 Å². The topological polar surface area (TPSA) is 119 Å². The van der Waals surface area contributed by atoms with Crippen LogP contribution in [0, 0.1) is 23.5 Å². The van der Waals surface area contributed by atoms with E-state index in [4.69, 9.17) is 4.52 Å². The zero-order valence-electron chi connectivity index (χ0n) is 18.4. The Morgan fingerprint density at radius 2 is 1.97 bits per heavy atom. The van der Waals surface area contributed by atoms with Gasteiger partial charge in [0.05, 0.1) is 24.4 Å². The van der Waals surface area contributed by atoms with Gasteiger partial charge in [-0.2, -0.15) is 5.10 Å². The van der Waals surface area contributed by atoms with Crippen molar-refractivity contribution in [3.05, 3.63) is 66.1 Å². The molecule has 3 heterocycles. The van der Waals surface area contributed by atoms with Gasteiger partial charge in [0.2, 0.25) is 0 Å². The molecule has 2 N–H and O–H groups in total. The first-order valence-corrected chi connectivity index (χ1v) is 10.5. The smallest absolute Gasteiger partial charge is 0.308 e. The van der Waals surface area contributed by atoms with Gasteiger partial charge in [-0.15, -0.1) is 0 Å². The van der Waals surface area contributed by atoms with Crippen LogP contribution in [0.25, 0.3) is 22.9 Å². The van der Waals surface area contributed by atoms with Gasteiger partial charge in [-0.1, -0.05) is 37.2 Å². The van der Waals surface area contributed by atoms with Gasteiger partial charge < -0.3 is 14.9 Å². The van der Waals surface area contributed by atoms with Crippen molar-refractivity contribution in [2.24, 2.45) is 11.8 Å². The molecule has 176 valence electrons. The van der Waals surface area contributed by atoms with Crippen LogP contribution in [0.1, 0.15) is 19.4 Å². The number of nitrogens with zero attached hydrogens (tertiary/aromatic N) is 5. The number of aliphatic carboxylic acids is 1. The number of nitrogens with one attached hydrogen (secondary N) is 1. The maximum Gasteiger partial charge on any atom is 0.308 e. The molecule has 0 aliphatic carbocycles. The lowest BCUT2D eigenvalue weighted by atomic mass is 9.96. The van der Waals surface area contributed by atoms with E-state index in [-0.39, 0.29) is 36.5 Å². The standard InChI is InChI=1S/C23H22F2N6O3/c1-13(2)15(23(32)33)10-26-21-17(25)11-27-22(28-21)19-9-20(18-7-8-34-30-18)31(29-19)12-14-5-3-4-6-16(14)24/h3-9,11,13,15H,10,12H2,1-2H3,(H,32,33)(H,26,27,28)/t15-/m0/s1. The van der Waals surface area contributed by atoms with E-state index in [1.807, 2.05) is 0 Å². The van der Waals surface area contributed by atoms with Crippen LogP contribution in [0.3, 0.4) is 0 Å². The molecule has 0 aliphatic heterocycles. The number of carboxylic acid groups (broad SMARTS) is 1. The molecule has 0 radical (unpaired) electrons. The van der Waals surface area contributed by atoms with Crippen molar-refractivity contribution in [2.75, 3.05) is 11.9 Å². The average molecular weight is 468 g/mol. The van der Waals surface area contributed by atoms with E-state index in [1.54, 1.807) is 44.2 Å². The normalized spacial score (nSPS) is 12.1. The molecule has 0 bridgehead atoms. The third-order valence-corrected chi connectivity index (χ3v) is 5.34. The third-order valence-electron chi connectivity index (χ3n) is 5.34. The number of hydrogen-bond donors (Lipinski definition) is 2. The van der Waals surface area contributed by atoms with Gasteiger partial charge in [0.1, 0.15) is 23.5 Å². The lowest BCUT2D eigenvalue weighted by molar-refractivity contribution is -0.142. The van der Waals surface area contributed by atoms with Gasteiger partial charge in [0, 0.05) is 18.2 Å². The first kappa shape index (κ1) is 23.0. The Kier molecular flexibility index (Phi) is 6.62. The summed E-state index contributed by atoms with van der Waals surface area (Å²) in [6, 6.07) is 9.60. The second kappa shape index (κ2) is 9.77. The number of rotatable bonds is 9. The highest BCUT2D eigenvalue weighted by molar-refractivity contribution is 5.71. The predicted molar refractivity (Wildman–Crippen MR) is 119 cm³/mol. The fourth-order valence-electron chi connectivity index (χ4n) is 3.41. The van der Waals surface area contributed by atoms with Crippen LogP contribution in [-0.4, -0.2) is 42.5 Å². The third kappa shape index (κ3) is 4.92. The lowest BCUT2D eigenvalue weighted by Gasteiger charge is -2.17. The monoisotopic (exact) mass is 468 g/mol. The highest BCUT2D eigenvalue weighted by atomic mass is 19.1. The largest absolute Gasteiger partial charge is 0.481 e. The number of carboxylic acids is 1. The van der Waals surface area contributed by atoms with Crippen LogP contribution >= 0.6 is 0 Å². The summed E-state index contributed by atoms with van der Waals surface area (Å²) < 4.78 is 35.1. The summed E-state index contributed by atoms with van der Waals surface area (Å²) in [7, 11) is 0. The summed E-state index contributed by atoms with van der Waals surface area (Å²) in [6.45, 7) is 3.65. The van der Waals surface area contributed by atoms with Crippen molar-refractivity contribution in [3.63, 3.8) is 0 Å². The second-order valence-corrected chi connectivity index (χ2v) is 8.01. The predicted octanol–water partition coefficient (Wildman–Crippen LogP) is 4.09. The Labute approximate surface area is 193 Å². The maximum absolute atomic E-state index is 14.4. The molecule has 4 rings (SSSR count). The Balaban J connectivity index is 1.67. The number of halogens is 2. The lowest BCUT2D eigenvalue weighted by Crippen LogP contribution is -2.28. The van der Waals surface area contributed by atoms with Crippen molar-refractivity contribution in [2.45, 2.75) is 20.4 Å². The fraction of sp³-hybridized carbons (Fsp3) is 0.261. The van der Waals surface area contributed by atoms with E-state index in [0.717, 1.165) is 6.20 Å². The molecule has 0 saturated heterocycles. The molecule has 0 fully saturated rings. The Morgan fingerprint density at radius 1 is 1.18 bits per heavy atom. The summed E-state index contributed by atoms with van der Waals surface area (Å²) in [6.07, 6.45) is 2.39. The van der Waals surface area contributed by atoms with Crippen molar-refractivity contribution in [1.29, 1.82) is 0 Å². The summed E-state index contributed by atoms with van der Waals surface area (Å²) >= 11 is 0. The SMILES string of the molecule is CC(C)[C@H](CNc1nc(-c2cc(-c3ccon3)n(Cc3ccccc3F)n2)ncc1F)C(=O)O. The zero-order valence-corrected chi connectivity index (χ0v) is 18.4. The molecule has 0 amide bonds. The van der Waals surface area contributed by atoms with E-state index >= 15 is 0 Å². The Morgan fingerprint density at radius 3 is 2.65 bits per heavy atom. The molecule has 0 spiro atoms. The highest BCUT2D eigenvalue weighted by Gasteiger charge is 2.23. The highest BCUT2D eigenvalue weighted by Crippen LogP contribution is 2.26. The van der Waals surface area contributed by atoms with Crippen LogP contribution in [0.5, 0.6) is 0 Å². The summed E-state index contributed by atoms with van der Waals surface area (Å²) in [5.41, 5.74) is 1.71. The molecule has 0 unspecified atom stereocenters. The zero-order chi connectivity index (χ0) is 24.2. The van der Waals surface area contributed by atoms with Gasteiger partial charge in [0.25, 0.3) is 0 Å². The van der Waals surface area contributed by atoms with Crippen LogP contribution in [0.4, 0.5) is 14.6 Å². The van der Waals surface area contributed by atoms with Gasteiger partial charge in [-0.25, -0.2) is 18.7 Å². The number of anilines is 1. The fourth-order valence-corrected chi connectivity index (χ4v) is 3.41. The van der Waals surface area contributed by atoms with E-state index < -0.39 is 17.7 Å². The van der Waals surface area contributed by atoms with Gasteiger partial charge in [0.15, 0.2) is 17.5 Å². The second-order valence-electron chi connectivity index (χ2n) is 8.01. The van der Waals surface area contributed by atoms with Crippen molar-refractivity contribution >= 4 is 11.8 Å². The number of aromatic nitrogens is 5. The van der Waals surface area contributed by atoms with E-state index in [0.29, 0.717) is 22.6 Å². The molecule has 11 heteroatoms. The molecule has 1 atom stereocenters. The van der Waals surface area contributed by atoms with E-state index in [2.05, 4.69) is 25.5 Å². The molecule has 4 aromatic rings. The van der Waals surface area contributed by atoms with Crippen molar-refractivity contribution < 1.29 is 23.2 Å². The number of hydrogen-bond acceptors (Lipinski definition) is 7. The minimum Gasteiger partial charge on any atom is -0.481 e. The van der Waals surface area contributed by atoms with Crippen LogP contribution in [0.2, 0.25) is 0 Å². The van der Waals surface area contributed by atoms with Gasteiger partial charge in [-0.05, 0) is 18.1 Å². The van der Waals surface area contributed by atoms with Crippen molar-refractivity contribution in [3.8, 4) is 22.9 Å².